The number of hydrogen-bond donors (Lipinski definition) is 1. The van der Waals surface area contributed by atoms with Crippen molar-refractivity contribution in [2.24, 2.45) is 0 Å². The zero-order valence-electron chi connectivity index (χ0n) is 15.5. The van der Waals surface area contributed by atoms with Gasteiger partial charge in [-0.25, -0.2) is 4.39 Å². The predicted octanol–water partition coefficient (Wildman–Crippen LogP) is 3.08. The van der Waals surface area contributed by atoms with Crippen LogP contribution in [0.4, 0.5) is 4.39 Å². The van der Waals surface area contributed by atoms with Crippen LogP contribution in [-0.2, 0) is 13.1 Å². The number of carboxylic acids is 1. The summed E-state index contributed by atoms with van der Waals surface area (Å²) in [5.74, 6) is -1.45. The molecule has 0 aliphatic heterocycles. The number of aromatic nitrogens is 1. The minimum absolute atomic E-state index is 0.238. The Morgan fingerprint density at radius 3 is 2.54 bits per heavy atom. The summed E-state index contributed by atoms with van der Waals surface area (Å²) in [7, 11) is 0. The lowest BCUT2D eigenvalue weighted by Gasteiger charge is -2.23. The molecule has 0 spiro atoms. The molecule has 1 saturated carbocycles. The average molecular weight is 357 g/mol. The smallest absolute Gasteiger partial charge is 0.128 e. The maximum absolute atomic E-state index is 14.0. The van der Waals surface area contributed by atoms with E-state index in [4.69, 9.17) is 0 Å². The third kappa shape index (κ3) is 3.83. The highest BCUT2D eigenvalue weighted by Crippen LogP contribution is 2.25. The number of halogens is 1. The molecule has 2 aromatic rings. The van der Waals surface area contributed by atoms with Crippen LogP contribution in [0.15, 0.2) is 24.3 Å². The molecule has 140 valence electrons. The van der Waals surface area contributed by atoms with Crippen molar-refractivity contribution in [1.29, 1.82) is 0 Å². The number of rotatable bonds is 6. The molecule has 4 nitrogen and oxygen atoms in total. The molecule has 1 aromatic carbocycles. The van der Waals surface area contributed by atoms with Crippen LogP contribution in [0.25, 0.3) is 0 Å². The van der Waals surface area contributed by atoms with Gasteiger partial charge in [-0.1, -0.05) is 37.5 Å². The van der Waals surface area contributed by atoms with E-state index < -0.39 is 5.97 Å². The fraction of sp³-hybridized carbons (Fsp3) is 0.476. The topological polar surface area (TPSA) is 57.1 Å². The van der Waals surface area contributed by atoms with Crippen LogP contribution in [0.2, 0.25) is 0 Å². The van der Waals surface area contributed by atoms with Crippen molar-refractivity contribution in [2.45, 2.75) is 65.1 Å². The zero-order chi connectivity index (χ0) is 18.7. The Balaban J connectivity index is 1.88. The van der Waals surface area contributed by atoms with Crippen LogP contribution >= 0.6 is 0 Å². The first-order valence-corrected chi connectivity index (χ1v) is 9.35. The maximum Gasteiger partial charge on any atom is 0.128 e. The second-order valence-corrected chi connectivity index (χ2v) is 7.21. The predicted molar refractivity (Wildman–Crippen MR) is 97.5 cm³/mol. The van der Waals surface area contributed by atoms with Crippen molar-refractivity contribution < 1.29 is 14.3 Å². The average Bonchev–Trinajstić information content (AvgIpc) is 2.87. The minimum atomic E-state index is -1.17. The highest BCUT2D eigenvalue weighted by Gasteiger charge is 2.20. The van der Waals surface area contributed by atoms with Gasteiger partial charge < -0.3 is 19.8 Å². The summed E-state index contributed by atoms with van der Waals surface area (Å²) in [6.07, 6.45) is 5.98. The second-order valence-electron chi connectivity index (χ2n) is 7.21. The number of carbonyl (C=O) groups excluding carboxylic acids is 1. The normalized spacial score (nSPS) is 15.3. The molecule has 5 heteroatoms. The van der Waals surface area contributed by atoms with Crippen molar-refractivity contribution in [3.05, 3.63) is 58.2 Å². The van der Waals surface area contributed by atoms with Crippen LogP contribution in [0.5, 0.6) is 0 Å². The molecular formula is C21H26FN2O2-. The summed E-state index contributed by atoms with van der Waals surface area (Å²) in [5, 5.41) is 15.3. The zero-order valence-corrected chi connectivity index (χ0v) is 15.5. The quantitative estimate of drug-likeness (QED) is 0.864. The monoisotopic (exact) mass is 357 g/mol. The molecule has 26 heavy (non-hydrogen) atoms. The number of aromatic carboxylic acids is 1. The van der Waals surface area contributed by atoms with Crippen molar-refractivity contribution in [3.63, 3.8) is 0 Å². The molecule has 1 heterocycles. The number of nitrogens with one attached hydrogen (secondary N) is 1. The molecular weight excluding hydrogens is 331 g/mol. The van der Waals surface area contributed by atoms with Gasteiger partial charge in [0.15, 0.2) is 0 Å². The van der Waals surface area contributed by atoms with Gasteiger partial charge in [0, 0.05) is 35.1 Å². The van der Waals surface area contributed by atoms with Gasteiger partial charge in [0.25, 0.3) is 0 Å². The van der Waals surface area contributed by atoms with Crippen LogP contribution in [0.3, 0.4) is 0 Å². The summed E-state index contributed by atoms with van der Waals surface area (Å²) in [6, 6.07) is 7.03. The first-order chi connectivity index (χ1) is 12.5. The van der Waals surface area contributed by atoms with E-state index in [9.17, 15) is 14.3 Å². The van der Waals surface area contributed by atoms with Gasteiger partial charge in [0.1, 0.15) is 5.82 Å². The molecule has 0 unspecified atom stereocenters. The summed E-state index contributed by atoms with van der Waals surface area (Å²) in [6.45, 7) is 4.49. The molecule has 3 rings (SSSR count). The molecule has 0 atom stereocenters. The number of benzene rings is 1. The van der Waals surface area contributed by atoms with E-state index in [2.05, 4.69) is 5.32 Å². The summed E-state index contributed by atoms with van der Waals surface area (Å²) in [4.78, 5) is 11.8. The van der Waals surface area contributed by atoms with Crippen LogP contribution in [0.1, 0.15) is 65.0 Å². The van der Waals surface area contributed by atoms with Crippen LogP contribution in [-0.4, -0.2) is 16.6 Å². The standard InChI is InChI=1S/C21H27FN2O2/c1-14-18(12-23-17-9-4-3-5-10-17)20(21(25)26)15(2)24(14)13-16-8-6-7-11-19(16)22/h6-8,11,17,23H,3-5,9-10,12-13H2,1-2H3,(H,25,26)/p-1. The lowest BCUT2D eigenvalue weighted by Crippen LogP contribution is -2.32. The van der Waals surface area contributed by atoms with Gasteiger partial charge in [0.05, 0.1) is 12.5 Å². The Bertz CT molecular complexity index is 792. The van der Waals surface area contributed by atoms with Gasteiger partial charge in [-0.15, -0.1) is 0 Å². The fourth-order valence-electron chi connectivity index (χ4n) is 4.02. The third-order valence-corrected chi connectivity index (χ3v) is 5.57. The Hall–Kier alpha value is -2.14. The molecule has 0 saturated heterocycles. The van der Waals surface area contributed by atoms with Crippen LogP contribution < -0.4 is 10.4 Å². The molecule has 0 amide bonds. The molecule has 1 fully saturated rings. The molecule has 0 radical (unpaired) electrons. The summed E-state index contributed by atoms with van der Waals surface area (Å²) >= 11 is 0. The number of nitrogens with zero attached hydrogens (tertiary/aromatic N) is 1. The second kappa shape index (κ2) is 8.04. The van der Waals surface area contributed by atoms with E-state index in [0.717, 1.165) is 24.1 Å². The Labute approximate surface area is 154 Å². The van der Waals surface area contributed by atoms with Gasteiger partial charge in [-0.05, 0) is 38.3 Å². The molecule has 1 N–H and O–H groups in total. The number of carboxylic acid groups (broad SMARTS) is 1. The van der Waals surface area contributed by atoms with Crippen LogP contribution in [0, 0.1) is 19.7 Å². The fourth-order valence-corrected chi connectivity index (χ4v) is 4.02. The summed E-state index contributed by atoms with van der Waals surface area (Å²) in [5.41, 5.74) is 3.01. The number of carbonyl (C=O) groups is 1. The van der Waals surface area contributed by atoms with E-state index in [0.29, 0.717) is 30.4 Å². The Morgan fingerprint density at radius 1 is 1.19 bits per heavy atom. The third-order valence-electron chi connectivity index (χ3n) is 5.57. The van der Waals surface area contributed by atoms with Gasteiger partial charge in [0.2, 0.25) is 0 Å². The SMILES string of the molecule is Cc1c(CNC2CCCCC2)c(C(=O)[O-])c(C)n1Cc1ccccc1F. The molecule has 1 aliphatic rings. The highest BCUT2D eigenvalue weighted by atomic mass is 19.1. The van der Waals surface area contributed by atoms with Gasteiger partial charge in [-0.2, -0.15) is 0 Å². The molecule has 0 bridgehead atoms. The van der Waals surface area contributed by atoms with E-state index in [1.807, 2.05) is 11.5 Å². The van der Waals surface area contributed by atoms with E-state index in [-0.39, 0.29) is 11.4 Å². The van der Waals surface area contributed by atoms with Crippen molar-refractivity contribution in [2.75, 3.05) is 0 Å². The largest absolute Gasteiger partial charge is 0.545 e. The maximum atomic E-state index is 14.0. The molecule has 1 aromatic heterocycles. The minimum Gasteiger partial charge on any atom is -0.545 e. The molecule has 1 aliphatic carbocycles. The van der Waals surface area contributed by atoms with E-state index in [1.54, 1.807) is 25.1 Å². The van der Waals surface area contributed by atoms with Crippen molar-refractivity contribution in [1.82, 2.24) is 9.88 Å². The lowest BCUT2D eigenvalue weighted by atomic mass is 9.95. The summed E-state index contributed by atoms with van der Waals surface area (Å²) < 4.78 is 15.9. The highest BCUT2D eigenvalue weighted by molar-refractivity contribution is 5.89. The Kier molecular flexibility index (Phi) is 5.77. The van der Waals surface area contributed by atoms with E-state index in [1.165, 1.54) is 25.3 Å². The first kappa shape index (κ1) is 18.6. The van der Waals surface area contributed by atoms with E-state index >= 15 is 0 Å². The lowest BCUT2D eigenvalue weighted by molar-refractivity contribution is -0.255. The van der Waals surface area contributed by atoms with Gasteiger partial charge >= 0.3 is 0 Å². The van der Waals surface area contributed by atoms with Crippen molar-refractivity contribution in [3.8, 4) is 0 Å². The first-order valence-electron chi connectivity index (χ1n) is 9.35. The number of hydrogen-bond acceptors (Lipinski definition) is 3. The van der Waals surface area contributed by atoms with Gasteiger partial charge in [-0.3, -0.25) is 0 Å². The Morgan fingerprint density at radius 2 is 1.88 bits per heavy atom. The van der Waals surface area contributed by atoms with Crippen molar-refractivity contribution >= 4 is 5.97 Å².